The maximum atomic E-state index is 13.5. The number of benzene rings is 1. The van der Waals surface area contributed by atoms with Crippen molar-refractivity contribution in [3.63, 3.8) is 0 Å². The monoisotopic (exact) mass is 493 g/mol. The van der Waals surface area contributed by atoms with E-state index < -0.39 is 34.8 Å². The molecule has 2 amide bonds. The number of thiocarbonyl (C=S) groups is 1. The van der Waals surface area contributed by atoms with Crippen LogP contribution < -0.4 is 15.1 Å². The summed E-state index contributed by atoms with van der Waals surface area (Å²) >= 11 is 11.8. The quantitative estimate of drug-likeness (QED) is 0.649. The lowest BCUT2D eigenvalue weighted by Crippen LogP contribution is -2.55. The van der Waals surface area contributed by atoms with E-state index in [1.54, 1.807) is 11.0 Å². The van der Waals surface area contributed by atoms with E-state index in [1.165, 1.54) is 25.2 Å². The summed E-state index contributed by atoms with van der Waals surface area (Å²) in [4.78, 5) is 31.6. The van der Waals surface area contributed by atoms with Crippen molar-refractivity contribution in [1.29, 1.82) is 5.26 Å². The Hall–Kier alpha value is -3.23. The molecule has 1 N–H and O–H groups in total. The molecule has 7 nitrogen and oxygen atoms in total. The minimum Gasteiger partial charge on any atom is -0.355 e. The van der Waals surface area contributed by atoms with E-state index in [0.29, 0.717) is 24.6 Å². The van der Waals surface area contributed by atoms with Crippen molar-refractivity contribution in [2.24, 2.45) is 0 Å². The summed E-state index contributed by atoms with van der Waals surface area (Å²) in [5.74, 6) is -0.875. The molecule has 12 heteroatoms. The van der Waals surface area contributed by atoms with Crippen molar-refractivity contribution in [2.75, 3.05) is 16.8 Å². The number of carbonyl (C=O) groups is 2. The second-order valence-corrected chi connectivity index (χ2v) is 8.36. The predicted octanol–water partition coefficient (Wildman–Crippen LogP) is 4.05. The van der Waals surface area contributed by atoms with Gasteiger partial charge in [0.25, 0.3) is 11.8 Å². The molecule has 0 atom stereocenters. The molecule has 1 aromatic heterocycles. The Kier molecular flexibility index (Phi) is 5.54. The first-order chi connectivity index (χ1) is 15.5. The zero-order chi connectivity index (χ0) is 24.1. The van der Waals surface area contributed by atoms with Crippen LogP contribution in [-0.4, -0.2) is 34.5 Å². The van der Waals surface area contributed by atoms with Gasteiger partial charge in [0.15, 0.2) is 10.8 Å². The topological polar surface area (TPSA) is 89.3 Å². The van der Waals surface area contributed by atoms with Gasteiger partial charge in [0.2, 0.25) is 0 Å². The van der Waals surface area contributed by atoms with Gasteiger partial charge in [-0.05, 0) is 55.7 Å². The number of pyridine rings is 1. The molecule has 1 aromatic carbocycles. The lowest BCUT2D eigenvalue weighted by Gasteiger charge is -2.43. The van der Waals surface area contributed by atoms with Crippen LogP contribution in [0.1, 0.15) is 40.9 Å². The van der Waals surface area contributed by atoms with Crippen LogP contribution in [0.2, 0.25) is 5.02 Å². The number of hydrogen-bond donors (Lipinski definition) is 1. The minimum absolute atomic E-state index is 0.0388. The summed E-state index contributed by atoms with van der Waals surface area (Å²) in [7, 11) is 1.46. The predicted molar refractivity (Wildman–Crippen MR) is 118 cm³/mol. The van der Waals surface area contributed by atoms with Gasteiger partial charge in [-0.1, -0.05) is 11.6 Å². The highest BCUT2D eigenvalue weighted by molar-refractivity contribution is 7.81. The van der Waals surface area contributed by atoms with Gasteiger partial charge in [-0.2, -0.15) is 18.4 Å². The van der Waals surface area contributed by atoms with Crippen LogP contribution in [0.5, 0.6) is 0 Å². The zero-order valence-corrected chi connectivity index (χ0v) is 18.6. The first-order valence-corrected chi connectivity index (χ1v) is 10.5. The number of anilines is 2. The summed E-state index contributed by atoms with van der Waals surface area (Å²) in [5.41, 5.74) is -2.64. The van der Waals surface area contributed by atoms with Gasteiger partial charge in [0.1, 0.15) is 11.6 Å². The van der Waals surface area contributed by atoms with Gasteiger partial charge in [-0.3, -0.25) is 14.5 Å². The molecule has 1 saturated heterocycles. The van der Waals surface area contributed by atoms with Crippen LogP contribution in [-0.2, 0) is 11.0 Å². The number of nitrogens with zero attached hydrogens (tertiary/aromatic N) is 4. The number of nitriles is 1. The molecule has 170 valence electrons. The molecule has 2 heterocycles. The van der Waals surface area contributed by atoms with Crippen LogP contribution in [0.3, 0.4) is 0 Å². The van der Waals surface area contributed by atoms with E-state index >= 15 is 0 Å². The summed E-state index contributed by atoms with van der Waals surface area (Å²) in [6.07, 6.45) is -2.21. The fourth-order valence-electron chi connectivity index (χ4n) is 4.05. The van der Waals surface area contributed by atoms with Gasteiger partial charge >= 0.3 is 6.18 Å². The first-order valence-electron chi connectivity index (χ1n) is 9.73. The van der Waals surface area contributed by atoms with E-state index in [1.807, 2.05) is 0 Å². The van der Waals surface area contributed by atoms with E-state index in [9.17, 15) is 22.8 Å². The third-order valence-electron chi connectivity index (χ3n) is 5.82. The molecule has 1 aliphatic carbocycles. The maximum Gasteiger partial charge on any atom is 0.419 e. The van der Waals surface area contributed by atoms with Gasteiger partial charge < -0.3 is 10.2 Å². The SMILES string of the molecule is CNC(=O)c1ccc(N2C(=S)N(c3cnc(C#N)c(C(F)(F)F)c3)C(=O)C23CCC3)cc1Cl. The van der Waals surface area contributed by atoms with Gasteiger partial charge in [-0.25, -0.2) is 4.98 Å². The number of carbonyl (C=O) groups excluding carboxylic acids is 2. The molecule has 1 spiro atoms. The normalized spacial score (nSPS) is 17.2. The van der Waals surface area contributed by atoms with Crippen LogP contribution in [0.15, 0.2) is 30.5 Å². The molecule has 0 bridgehead atoms. The second-order valence-electron chi connectivity index (χ2n) is 7.59. The van der Waals surface area contributed by atoms with Crippen LogP contribution in [0.25, 0.3) is 0 Å². The molecule has 33 heavy (non-hydrogen) atoms. The number of halogens is 4. The number of nitrogens with one attached hydrogen (secondary N) is 1. The summed E-state index contributed by atoms with van der Waals surface area (Å²) in [6, 6.07) is 6.68. The highest BCUT2D eigenvalue weighted by Gasteiger charge is 2.59. The standard InChI is InChI=1S/C21H15ClF3N5O2S/c1-27-17(31)13-4-3-11(8-15(13)22)30-19(33)29(18(32)20(30)5-2-6-20)12-7-14(21(23,24)25)16(9-26)28-10-12/h3-4,7-8,10H,2,5-6H2,1H3,(H,27,31). The smallest absolute Gasteiger partial charge is 0.355 e. The molecule has 2 aliphatic rings. The summed E-state index contributed by atoms with van der Waals surface area (Å²) in [6.45, 7) is 0. The second kappa shape index (κ2) is 7.97. The van der Waals surface area contributed by atoms with Crippen molar-refractivity contribution in [1.82, 2.24) is 10.3 Å². The number of aromatic nitrogens is 1. The lowest BCUT2D eigenvalue weighted by atomic mass is 9.75. The Morgan fingerprint density at radius 2 is 2.00 bits per heavy atom. The fraction of sp³-hybridized carbons (Fsp3) is 0.286. The molecule has 0 unspecified atom stereocenters. The van der Waals surface area contributed by atoms with E-state index in [2.05, 4.69) is 10.3 Å². The van der Waals surface area contributed by atoms with Gasteiger partial charge in [-0.15, -0.1) is 0 Å². The van der Waals surface area contributed by atoms with Crippen molar-refractivity contribution in [3.8, 4) is 6.07 Å². The van der Waals surface area contributed by atoms with Crippen LogP contribution in [0.4, 0.5) is 24.5 Å². The molecule has 2 aromatic rings. The van der Waals surface area contributed by atoms with E-state index in [0.717, 1.165) is 17.5 Å². The summed E-state index contributed by atoms with van der Waals surface area (Å²) < 4.78 is 40.4. The highest BCUT2D eigenvalue weighted by atomic mass is 35.5. The van der Waals surface area contributed by atoms with Crippen LogP contribution in [0, 0.1) is 11.3 Å². The maximum absolute atomic E-state index is 13.5. The third kappa shape index (κ3) is 3.50. The molecule has 4 rings (SSSR count). The van der Waals surface area contributed by atoms with Crippen molar-refractivity contribution in [3.05, 3.63) is 52.3 Å². The number of amides is 2. The lowest BCUT2D eigenvalue weighted by molar-refractivity contribution is -0.138. The van der Waals surface area contributed by atoms with Gasteiger partial charge in [0.05, 0.1) is 28.0 Å². The van der Waals surface area contributed by atoms with E-state index in [4.69, 9.17) is 29.1 Å². The Bertz CT molecular complexity index is 1240. The van der Waals surface area contributed by atoms with Crippen molar-refractivity contribution in [2.45, 2.75) is 31.0 Å². The number of rotatable bonds is 3. The largest absolute Gasteiger partial charge is 0.419 e. The molecular weight excluding hydrogens is 479 g/mol. The minimum atomic E-state index is -4.84. The molecular formula is C21H15ClF3N5O2S. The Balaban J connectivity index is 1.80. The van der Waals surface area contributed by atoms with E-state index in [-0.39, 0.29) is 21.4 Å². The number of alkyl halides is 3. The zero-order valence-electron chi connectivity index (χ0n) is 17.0. The van der Waals surface area contributed by atoms with Crippen LogP contribution >= 0.6 is 23.8 Å². The highest BCUT2D eigenvalue weighted by Crippen LogP contribution is 2.48. The Morgan fingerprint density at radius 3 is 2.52 bits per heavy atom. The van der Waals surface area contributed by atoms with Crippen molar-refractivity contribution >= 4 is 52.1 Å². The molecule has 1 saturated carbocycles. The Labute approximate surface area is 196 Å². The average molecular weight is 494 g/mol. The number of hydrogen-bond acceptors (Lipinski definition) is 5. The Morgan fingerprint density at radius 1 is 1.30 bits per heavy atom. The molecule has 0 radical (unpaired) electrons. The average Bonchev–Trinajstić information content (AvgIpc) is 2.98. The first kappa shape index (κ1) is 22.9. The molecule has 2 fully saturated rings. The van der Waals surface area contributed by atoms with Gasteiger partial charge in [0, 0.05) is 12.7 Å². The third-order valence-corrected chi connectivity index (χ3v) is 6.50. The van der Waals surface area contributed by atoms with Crippen molar-refractivity contribution < 1.29 is 22.8 Å². The fourth-order valence-corrected chi connectivity index (χ4v) is 4.78. The molecule has 1 aliphatic heterocycles. The summed E-state index contributed by atoms with van der Waals surface area (Å²) in [5, 5.41) is 11.6.